The van der Waals surface area contributed by atoms with Gasteiger partial charge in [-0.2, -0.15) is 0 Å². The van der Waals surface area contributed by atoms with Crippen molar-refractivity contribution in [1.29, 1.82) is 0 Å². The summed E-state index contributed by atoms with van der Waals surface area (Å²) >= 11 is 1.54. The molecule has 8 heteroatoms. The van der Waals surface area contributed by atoms with E-state index in [0.717, 1.165) is 29.6 Å². The Morgan fingerprint density at radius 1 is 0.935 bits per heavy atom. The van der Waals surface area contributed by atoms with Gasteiger partial charge < -0.3 is 24.3 Å². The first kappa shape index (κ1) is 34.5. The van der Waals surface area contributed by atoms with Crippen LogP contribution in [0.5, 0.6) is 0 Å². The Labute approximate surface area is 278 Å². The van der Waals surface area contributed by atoms with Gasteiger partial charge in [0.15, 0.2) is 0 Å². The van der Waals surface area contributed by atoms with Gasteiger partial charge in [0.2, 0.25) is 0 Å². The number of allylic oxidation sites excluding steroid dienone is 2. The van der Waals surface area contributed by atoms with E-state index in [9.17, 15) is 15.0 Å². The van der Waals surface area contributed by atoms with E-state index >= 15 is 0 Å². The van der Waals surface area contributed by atoms with Crippen molar-refractivity contribution in [2.24, 2.45) is 11.8 Å². The summed E-state index contributed by atoms with van der Waals surface area (Å²) in [6.07, 6.45) is 6.91. The molecule has 7 atom stereocenters. The number of unbranched alkanes of at least 4 members (excludes halogenated alkanes) is 1. The molecule has 1 aliphatic carbocycles. The normalized spacial score (nSPS) is 23.0. The van der Waals surface area contributed by atoms with Crippen LogP contribution in [-0.4, -0.2) is 59.1 Å². The zero-order chi connectivity index (χ0) is 32.3. The highest BCUT2D eigenvalue weighted by atomic mass is 32.2. The van der Waals surface area contributed by atoms with Crippen LogP contribution in [0, 0.1) is 11.8 Å². The third-order valence-corrected chi connectivity index (χ3v) is 10.3. The van der Waals surface area contributed by atoms with Crippen LogP contribution in [0.4, 0.5) is 0 Å². The van der Waals surface area contributed by atoms with E-state index in [1.165, 1.54) is 5.56 Å². The number of carbonyl (C=O) groups is 1. The van der Waals surface area contributed by atoms with Crippen molar-refractivity contribution in [1.82, 2.24) is 0 Å². The first-order chi connectivity index (χ1) is 22.4. The molecule has 1 heterocycles. The van der Waals surface area contributed by atoms with Crippen LogP contribution in [0.25, 0.3) is 0 Å². The second kappa shape index (κ2) is 17.3. The molecule has 6 nitrogen and oxygen atoms in total. The minimum Gasteiger partial charge on any atom is -0.463 e. The summed E-state index contributed by atoms with van der Waals surface area (Å²) < 4.78 is 18.4. The zero-order valence-electron chi connectivity index (χ0n) is 26.9. The molecule has 5 rings (SSSR count). The maximum atomic E-state index is 12.3. The summed E-state index contributed by atoms with van der Waals surface area (Å²) in [6, 6.07) is 30.2. The number of ether oxygens (including phenoxy) is 1. The molecule has 2 bridgehead atoms. The molecule has 2 fully saturated rings. The lowest BCUT2D eigenvalue weighted by molar-refractivity contribution is -0.147. The van der Waals surface area contributed by atoms with Crippen molar-refractivity contribution >= 4 is 30.3 Å². The highest BCUT2D eigenvalue weighted by Crippen LogP contribution is 2.47. The molecule has 0 spiro atoms. The number of aliphatic hydroxyl groups excluding tert-OH is 2. The average Bonchev–Trinajstić information content (AvgIpc) is 3.32. The van der Waals surface area contributed by atoms with Crippen molar-refractivity contribution < 1.29 is 29.1 Å². The van der Waals surface area contributed by atoms with Crippen LogP contribution in [0.2, 0.25) is 0 Å². The Kier molecular flexibility index (Phi) is 13.0. The van der Waals surface area contributed by atoms with Gasteiger partial charge in [0.05, 0.1) is 29.7 Å². The summed E-state index contributed by atoms with van der Waals surface area (Å²) in [6.45, 7) is 3.72. The van der Waals surface area contributed by atoms with Crippen molar-refractivity contribution in [3.05, 3.63) is 109 Å². The lowest BCUT2D eigenvalue weighted by Crippen LogP contribution is -2.48. The van der Waals surface area contributed by atoms with Crippen molar-refractivity contribution in [2.75, 3.05) is 0 Å². The number of thioether (sulfide) groups is 1. The molecule has 0 radical (unpaired) electrons. The van der Waals surface area contributed by atoms with Gasteiger partial charge in [-0.15, -0.1) is 11.8 Å². The maximum absolute atomic E-state index is 12.3. The van der Waals surface area contributed by atoms with Gasteiger partial charge in [-0.1, -0.05) is 91.0 Å². The SMILES string of the molecule is CC(C)OC(=O)CCC/C=C\C[C@@H]1[C@@H]([C@@H](O)[C@@H](Sc2ccccc2)[C@H](O)CCc2ccccc2)[C@H]2C[C@@H]1OB(c1ccccc1)O2. The summed E-state index contributed by atoms with van der Waals surface area (Å²) in [5.41, 5.74) is 2.13. The standard InChI is InChI=1S/C38H47BO6S/c1-27(2)43-35(41)23-15-4-3-14-22-31-33-26-34(45-39(44-33)29-18-10-6-11-19-29)36(31)37(42)38(46-30-20-12-7-13-21-30)32(40)25-24-28-16-8-5-9-17-28/h3,5-14,16-21,27,31-34,36-38,40,42H,4,15,22-26H2,1-2H3/b14-3-/t31-,32+,33-,34+,36+,37+,38-/m0/s1. The van der Waals surface area contributed by atoms with Crippen molar-refractivity contribution in [2.45, 2.75) is 99.5 Å². The van der Waals surface area contributed by atoms with E-state index in [1.807, 2.05) is 92.7 Å². The fourth-order valence-electron chi connectivity index (χ4n) is 6.72. The van der Waals surface area contributed by atoms with Gasteiger partial charge in [-0.3, -0.25) is 4.79 Å². The number of esters is 1. The van der Waals surface area contributed by atoms with E-state index in [2.05, 4.69) is 24.3 Å². The van der Waals surface area contributed by atoms with Crippen LogP contribution in [0.1, 0.15) is 57.9 Å². The number of benzene rings is 3. The molecule has 3 aromatic carbocycles. The first-order valence-electron chi connectivity index (χ1n) is 16.7. The number of hydrogen-bond donors (Lipinski definition) is 2. The Balaban J connectivity index is 1.33. The topological polar surface area (TPSA) is 85.2 Å². The van der Waals surface area contributed by atoms with Gasteiger partial charge >= 0.3 is 13.1 Å². The van der Waals surface area contributed by atoms with Crippen LogP contribution in [0.15, 0.2) is 108 Å². The molecule has 0 unspecified atom stereocenters. The van der Waals surface area contributed by atoms with Crippen molar-refractivity contribution in [3.8, 4) is 0 Å². The minimum atomic E-state index is -0.826. The molecule has 3 aromatic rings. The lowest BCUT2D eigenvalue weighted by atomic mass is 9.77. The minimum absolute atomic E-state index is 0.0102. The highest BCUT2D eigenvalue weighted by Gasteiger charge is 2.55. The Bertz CT molecular complexity index is 1360. The van der Waals surface area contributed by atoms with Gasteiger partial charge in [-0.05, 0) is 81.4 Å². The second-order valence-corrected chi connectivity index (χ2v) is 13.9. The molecule has 2 N–H and O–H groups in total. The summed E-state index contributed by atoms with van der Waals surface area (Å²) in [4.78, 5) is 12.9. The number of aryl methyl sites for hydroxylation is 1. The molecular weight excluding hydrogens is 595 g/mol. The third-order valence-electron chi connectivity index (χ3n) is 8.93. The molecular formula is C38H47BO6S. The quantitative estimate of drug-likeness (QED) is 0.0617. The fourth-order valence-corrected chi connectivity index (χ4v) is 7.96. The predicted octanol–water partition coefficient (Wildman–Crippen LogP) is 6.39. The third kappa shape index (κ3) is 9.58. The summed E-state index contributed by atoms with van der Waals surface area (Å²) in [7, 11) is -0.496. The van der Waals surface area contributed by atoms with E-state index < -0.39 is 24.6 Å². The molecule has 0 amide bonds. The smallest absolute Gasteiger partial charge is 0.463 e. The van der Waals surface area contributed by atoms with Gasteiger partial charge in [0, 0.05) is 23.3 Å². The second-order valence-electron chi connectivity index (χ2n) is 12.7. The van der Waals surface area contributed by atoms with Crippen LogP contribution in [0.3, 0.4) is 0 Å². The van der Waals surface area contributed by atoms with Gasteiger partial charge in [-0.25, -0.2) is 0 Å². The number of fused-ring (bicyclic) bond motifs is 2. The number of carbonyl (C=O) groups excluding carboxylic acids is 1. The first-order valence-corrected chi connectivity index (χ1v) is 17.6. The zero-order valence-corrected chi connectivity index (χ0v) is 27.7. The maximum Gasteiger partial charge on any atom is 0.494 e. The van der Waals surface area contributed by atoms with Gasteiger partial charge in [0.25, 0.3) is 0 Å². The van der Waals surface area contributed by atoms with Crippen LogP contribution < -0.4 is 5.46 Å². The summed E-state index contributed by atoms with van der Waals surface area (Å²) in [5, 5.41) is 23.5. The largest absolute Gasteiger partial charge is 0.494 e. The van der Waals surface area contributed by atoms with Crippen LogP contribution >= 0.6 is 11.8 Å². The lowest BCUT2D eigenvalue weighted by Gasteiger charge is -2.36. The molecule has 1 aliphatic heterocycles. The Morgan fingerprint density at radius 3 is 2.28 bits per heavy atom. The molecule has 46 heavy (non-hydrogen) atoms. The number of rotatable bonds is 16. The van der Waals surface area contributed by atoms with Gasteiger partial charge in [0.1, 0.15) is 0 Å². The highest BCUT2D eigenvalue weighted by molar-refractivity contribution is 8.00. The average molecular weight is 643 g/mol. The monoisotopic (exact) mass is 642 g/mol. The fraction of sp³-hybridized carbons (Fsp3) is 0.447. The molecule has 0 aromatic heterocycles. The summed E-state index contributed by atoms with van der Waals surface area (Å²) in [5.74, 6) is -0.380. The Hall–Kier alpha value is -2.88. The van der Waals surface area contributed by atoms with Crippen molar-refractivity contribution in [3.63, 3.8) is 0 Å². The van der Waals surface area contributed by atoms with E-state index in [0.29, 0.717) is 25.7 Å². The molecule has 1 saturated carbocycles. The van der Waals surface area contributed by atoms with E-state index in [-0.39, 0.29) is 36.1 Å². The van der Waals surface area contributed by atoms with E-state index in [1.54, 1.807) is 11.8 Å². The molecule has 1 saturated heterocycles. The van der Waals surface area contributed by atoms with E-state index in [4.69, 9.17) is 14.0 Å². The molecule has 2 aliphatic rings. The molecule has 244 valence electrons. The number of hydrogen-bond acceptors (Lipinski definition) is 7. The number of aliphatic hydroxyl groups is 2. The predicted molar refractivity (Wildman–Crippen MR) is 185 cm³/mol. The van der Waals surface area contributed by atoms with Crippen LogP contribution in [-0.2, 0) is 25.3 Å². The Morgan fingerprint density at radius 2 is 1.59 bits per heavy atom.